The number of carbonyl (C=O) groups is 1. The van der Waals surface area contributed by atoms with Crippen LogP contribution in [0.15, 0.2) is 29.3 Å². The van der Waals surface area contributed by atoms with Gasteiger partial charge in [-0.15, -0.1) is 0 Å². The number of aliphatic imine (C=N–C) groups is 1. The number of hydrogen-bond donors (Lipinski definition) is 1. The Bertz CT molecular complexity index is 693. The number of ether oxygens (including phenoxy) is 1. The fraction of sp³-hybridized carbons (Fsp3) is 0.636. The number of halogens is 1. The van der Waals surface area contributed by atoms with Gasteiger partial charge in [-0.3, -0.25) is 9.79 Å². The molecule has 0 bridgehead atoms. The molecule has 6 heteroatoms. The fourth-order valence-electron chi connectivity index (χ4n) is 4.69. The maximum Gasteiger partial charge on any atom is 0.308 e. The van der Waals surface area contributed by atoms with Crippen molar-refractivity contribution in [3.63, 3.8) is 0 Å². The molecule has 1 aromatic carbocycles. The van der Waals surface area contributed by atoms with Crippen LogP contribution in [0.2, 0.25) is 0 Å². The first-order chi connectivity index (χ1) is 13.6. The van der Waals surface area contributed by atoms with E-state index in [0.717, 1.165) is 56.8 Å². The number of likely N-dealkylation sites (tertiary alicyclic amines) is 1. The SMILES string of the molecule is CN=C(NCC1(c2cccc(F)c2)CCCCC1)N1CCC(C(=O)OC)CC1. The van der Waals surface area contributed by atoms with Crippen molar-refractivity contribution in [2.24, 2.45) is 10.9 Å². The van der Waals surface area contributed by atoms with Crippen LogP contribution in [0.3, 0.4) is 0 Å². The minimum absolute atomic E-state index is 0.0173. The van der Waals surface area contributed by atoms with Gasteiger partial charge in [-0.25, -0.2) is 4.39 Å². The Morgan fingerprint density at radius 3 is 2.61 bits per heavy atom. The van der Waals surface area contributed by atoms with Gasteiger partial charge < -0.3 is 15.0 Å². The summed E-state index contributed by atoms with van der Waals surface area (Å²) in [4.78, 5) is 18.4. The van der Waals surface area contributed by atoms with Crippen LogP contribution in [-0.4, -0.2) is 50.6 Å². The fourth-order valence-corrected chi connectivity index (χ4v) is 4.69. The molecule has 0 radical (unpaired) electrons. The lowest BCUT2D eigenvalue weighted by atomic mass is 9.69. The number of methoxy groups -OCH3 is 1. The lowest BCUT2D eigenvalue weighted by Gasteiger charge is -2.40. The Balaban J connectivity index is 1.66. The zero-order chi connectivity index (χ0) is 20.0. The van der Waals surface area contributed by atoms with E-state index in [1.807, 2.05) is 6.07 Å². The Kier molecular flexibility index (Phi) is 6.92. The van der Waals surface area contributed by atoms with Gasteiger partial charge >= 0.3 is 5.97 Å². The average Bonchev–Trinajstić information content (AvgIpc) is 2.74. The van der Waals surface area contributed by atoms with E-state index < -0.39 is 0 Å². The number of rotatable bonds is 4. The largest absolute Gasteiger partial charge is 0.469 e. The van der Waals surface area contributed by atoms with E-state index in [1.54, 1.807) is 13.1 Å². The number of esters is 1. The van der Waals surface area contributed by atoms with Gasteiger partial charge in [0.1, 0.15) is 5.82 Å². The third-order valence-corrected chi connectivity index (χ3v) is 6.37. The summed E-state index contributed by atoms with van der Waals surface area (Å²) in [7, 11) is 3.25. The molecule has 28 heavy (non-hydrogen) atoms. The molecule has 0 unspecified atom stereocenters. The molecule has 1 aliphatic heterocycles. The number of carbonyl (C=O) groups excluding carboxylic acids is 1. The molecular formula is C22H32FN3O2. The summed E-state index contributed by atoms with van der Waals surface area (Å²) in [6.07, 6.45) is 7.26. The van der Waals surface area contributed by atoms with E-state index in [4.69, 9.17) is 4.74 Å². The molecule has 0 amide bonds. The first kappa shape index (κ1) is 20.6. The third kappa shape index (κ3) is 4.65. The highest BCUT2D eigenvalue weighted by molar-refractivity contribution is 5.80. The highest BCUT2D eigenvalue weighted by Gasteiger charge is 2.35. The summed E-state index contributed by atoms with van der Waals surface area (Å²) >= 11 is 0. The lowest BCUT2D eigenvalue weighted by Crippen LogP contribution is -2.50. The summed E-state index contributed by atoms with van der Waals surface area (Å²) in [6.45, 7) is 2.32. The molecule has 3 rings (SSSR count). The van der Waals surface area contributed by atoms with Crippen LogP contribution < -0.4 is 5.32 Å². The predicted molar refractivity (Wildman–Crippen MR) is 109 cm³/mol. The zero-order valence-corrected chi connectivity index (χ0v) is 17.0. The summed E-state index contributed by atoms with van der Waals surface area (Å²) in [5, 5.41) is 3.56. The van der Waals surface area contributed by atoms with Gasteiger partial charge in [-0.05, 0) is 43.4 Å². The third-order valence-electron chi connectivity index (χ3n) is 6.37. The number of nitrogens with zero attached hydrogens (tertiary/aromatic N) is 2. The van der Waals surface area contributed by atoms with Gasteiger partial charge in [-0.1, -0.05) is 31.4 Å². The molecule has 0 atom stereocenters. The molecule has 1 N–H and O–H groups in total. The van der Waals surface area contributed by atoms with Crippen molar-refractivity contribution < 1.29 is 13.9 Å². The van der Waals surface area contributed by atoms with Gasteiger partial charge in [0.25, 0.3) is 0 Å². The molecular weight excluding hydrogens is 357 g/mol. The van der Waals surface area contributed by atoms with Crippen molar-refractivity contribution in [3.8, 4) is 0 Å². The number of piperidine rings is 1. The Hall–Kier alpha value is -2.11. The van der Waals surface area contributed by atoms with Gasteiger partial charge in [0.15, 0.2) is 5.96 Å². The predicted octanol–water partition coefficient (Wildman–Crippen LogP) is 3.49. The van der Waals surface area contributed by atoms with Crippen molar-refractivity contribution in [2.75, 3.05) is 33.8 Å². The maximum atomic E-state index is 13.9. The molecule has 1 aliphatic carbocycles. The normalized spacial score (nSPS) is 20.7. The van der Waals surface area contributed by atoms with Crippen molar-refractivity contribution in [2.45, 2.75) is 50.4 Å². The van der Waals surface area contributed by atoms with Crippen LogP contribution in [0.5, 0.6) is 0 Å². The van der Waals surface area contributed by atoms with Crippen molar-refractivity contribution >= 4 is 11.9 Å². The molecule has 0 spiro atoms. The molecule has 2 fully saturated rings. The van der Waals surface area contributed by atoms with Crippen LogP contribution in [0.25, 0.3) is 0 Å². The summed E-state index contributed by atoms with van der Waals surface area (Å²) in [5.41, 5.74) is 1.03. The summed E-state index contributed by atoms with van der Waals surface area (Å²) < 4.78 is 18.8. The van der Waals surface area contributed by atoms with Gasteiger partial charge in [0, 0.05) is 32.1 Å². The van der Waals surface area contributed by atoms with Crippen LogP contribution in [0, 0.1) is 11.7 Å². The quantitative estimate of drug-likeness (QED) is 0.487. The molecule has 5 nitrogen and oxygen atoms in total. The number of guanidine groups is 1. The van der Waals surface area contributed by atoms with Crippen LogP contribution in [-0.2, 0) is 14.9 Å². The average molecular weight is 390 g/mol. The summed E-state index contributed by atoms with van der Waals surface area (Å²) in [5.74, 6) is 0.563. The summed E-state index contributed by atoms with van der Waals surface area (Å²) in [6, 6.07) is 7.07. The molecule has 0 aromatic heterocycles. The van der Waals surface area contributed by atoms with Crippen LogP contribution in [0.4, 0.5) is 4.39 Å². The van der Waals surface area contributed by atoms with E-state index in [1.165, 1.54) is 32.4 Å². The van der Waals surface area contributed by atoms with Crippen molar-refractivity contribution in [1.29, 1.82) is 0 Å². The standard InChI is InChI=1S/C22H32FN3O2/c1-24-21(26-13-9-17(10-14-26)20(27)28-2)25-16-22(11-4-3-5-12-22)18-7-6-8-19(23)15-18/h6-8,15,17H,3-5,9-14,16H2,1-2H3,(H,24,25). The van der Waals surface area contributed by atoms with E-state index in [0.29, 0.717) is 0 Å². The minimum atomic E-state index is -0.170. The minimum Gasteiger partial charge on any atom is -0.469 e. The van der Waals surface area contributed by atoms with E-state index in [-0.39, 0.29) is 23.1 Å². The number of nitrogens with one attached hydrogen (secondary N) is 1. The Morgan fingerprint density at radius 1 is 1.29 bits per heavy atom. The van der Waals surface area contributed by atoms with E-state index >= 15 is 0 Å². The van der Waals surface area contributed by atoms with Gasteiger partial charge in [0.2, 0.25) is 0 Å². The van der Waals surface area contributed by atoms with Gasteiger partial charge in [0.05, 0.1) is 13.0 Å². The maximum absolute atomic E-state index is 13.9. The monoisotopic (exact) mass is 389 g/mol. The van der Waals surface area contributed by atoms with Gasteiger partial charge in [-0.2, -0.15) is 0 Å². The second kappa shape index (κ2) is 9.39. The highest BCUT2D eigenvalue weighted by Crippen LogP contribution is 2.39. The van der Waals surface area contributed by atoms with Crippen molar-refractivity contribution in [1.82, 2.24) is 10.2 Å². The Labute approximate surface area is 167 Å². The molecule has 1 saturated carbocycles. The Morgan fingerprint density at radius 2 is 2.00 bits per heavy atom. The smallest absolute Gasteiger partial charge is 0.308 e. The van der Waals surface area contributed by atoms with E-state index in [9.17, 15) is 9.18 Å². The number of benzene rings is 1. The first-order valence-corrected chi connectivity index (χ1v) is 10.4. The molecule has 2 aliphatic rings. The molecule has 1 heterocycles. The molecule has 1 saturated heterocycles. The highest BCUT2D eigenvalue weighted by atomic mass is 19.1. The first-order valence-electron chi connectivity index (χ1n) is 10.4. The second-order valence-electron chi connectivity index (χ2n) is 8.04. The topological polar surface area (TPSA) is 53.9 Å². The molecule has 154 valence electrons. The number of hydrogen-bond acceptors (Lipinski definition) is 3. The second-order valence-corrected chi connectivity index (χ2v) is 8.04. The van der Waals surface area contributed by atoms with Crippen molar-refractivity contribution in [3.05, 3.63) is 35.6 Å². The van der Waals surface area contributed by atoms with Crippen LogP contribution in [0.1, 0.15) is 50.5 Å². The van der Waals surface area contributed by atoms with E-state index in [2.05, 4.69) is 21.3 Å². The zero-order valence-electron chi connectivity index (χ0n) is 17.0. The molecule has 1 aromatic rings. The van der Waals surface area contributed by atoms with Crippen LogP contribution >= 0.6 is 0 Å². The lowest BCUT2D eigenvalue weighted by molar-refractivity contribution is -0.146.